The molecule has 4 aromatic rings. The summed E-state index contributed by atoms with van der Waals surface area (Å²) >= 11 is 6.33. The van der Waals surface area contributed by atoms with Crippen LogP contribution in [-0.4, -0.2) is 35.3 Å². The molecular weight excluding hydrogens is 479 g/mol. The fraction of sp³-hybridized carbons (Fsp3) is 0.115. The molecule has 5 nitrogen and oxygen atoms in total. The highest BCUT2D eigenvalue weighted by molar-refractivity contribution is 6.33. The van der Waals surface area contributed by atoms with Gasteiger partial charge in [-0.15, -0.1) is 0 Å². The number of carbonyl (C=O) groups is 2. The molecule has 178 valence electrons. The topological polar surface area (TPSA) is 62.3 Å². The Morgan fingerprint density at radius 3 is 2.37 bits per heavy atom. The van der Waals surface area contributed by atoms with Crippen LogP contribution in [0.2, 0.25) is 5.02 Å². The molecule has 0 spiro atoms. The molecule has 0 unspecified atom stereocenters. The molecule has 0 aliphatic carbocycles. The molecule has 9 heteroatoms. The molecule has 1 N–H and O–H groups in total. The Bertz CT molecular complexity index is 1420. The van der Waals surface area contributed by atoms with Crippen molar-refractivity contribution in [3.63, 3.8) is 0 Å². The van der Waals surface area contributed by atoms with E-state index in [4.69, 9.17) is 11.6 Å². The minimum absolute atomic E-state index is 0.288. The number of amides is 2. The number of halogens is 4. The largest absolute Gasteiger partial charge is 0.418 e. The van der Waals surface area contributed by atoms with Crippen LogP contribution in [0.5, 0.6) is 0 Å². The van der Waals surface area contributed by atoms with Crippen molar-refractivity contribution >= 4 is 40.0 Å². The number of likely N-dealkylation sites (N-methyl/N-ethyl adjacent to an activating group) is 1. The predicted octanol–water partition coefficient (Wildman–Crippen LogP) is 6.28. The van der Waals surface area contributed by atoms with E-state index >= 15 is 0 Å². The Morgan fingerprint density at radius 2 is 1.63 bits per heavy atom. The van der Waals surface area contributed by atoms with E-state index in [1.807, 2.05) is 0 Å². The van der Waals surface area contributed by atoms with Gasteiger partial charge in [0.15, 0.2) is 0 Å². The molecule has 0 aliphatic heterocycles. The molecule has 35 heavy (non-hydrogen) atoms. The lowest BCUT2D eigenvalue weighted by Crippen LogP contribution is -2.35. The number of rotatable bonds is 5. The number of alkyl halides is 3. The van der Waals surface area contributed by atoms with E-state index in [1.165, 1.54) is 19.2 Å². The Kier molecular flexibility index (Phi) is 6.75. The average Bonchev–Trinajstić information content (AvgIpc) is 2.82. The van der Waals surface area contributed by atoms with Crippen molar-refractivity contribution in [2.45, 2.75) is 6.18 Å². The number of aromatic nitrogens is 1. The monoisotopic (exact) mass is 497 g/mol. The number of hydrogen-bond acceptors (Lipinski definition) is 3. The fourth-order valence-electron chi connectivity index (χ4n) is 3.68. The van der Waals surface area contributed by atoms with Crippen molar-refractivity contribution in [2.24, 2.45) is 0 Å². The van der Waals surface area contributed by atoms with Crippen molar-refractivity contribution in [1.82, 2.24) is 9.88 Å². The molecule has 0 saturated heterocycles. The molecule has 1 aromatic heterocycles. The summed E-state index contributed by atoms with van der Waals surface area (Å²) < 4.78 is 39.7. The van der Waals surface area contributed by atoms with Gasteiger partial charge in [0.25, 0.3) is 5.91 Å². The van der Waals surface area contributed by atoms with Crippen LogP contribution in [0.15, 0.2) is 78.9 Å². The number of carbonyl (C=O) groups excluding carboxylic acids is 2. The Labute approximate surface area is 204 Å². The summed E-state index contributed by atoms with van der Waals surface area (Å²) in [6.07, 6.45) is -4.63. The van der Waals surface area contributed by atoms with Crippen molar-refractivity contribution in [1.29, 1.82) is 0 Å². The smallest absolute Gasteiger partial charge is 0.332 e. The summed E-state index contributed by atoms with van der Waals surface area (Å²) in [5.41, 5.74) is 0.627. The van der Waals surface area contributed by atoms with Gasteiger partial charge in [0.05, 0.1) is 34.6 Å². The van der Waals surface area contributed by atoms with E-state index in [2.05, 4.69) is 10.3 Å². The van der Waals surface area contributed by atoms with Crippen LogP contribution in [0.25, 0.3) is 22.2 Å². The number of para-hydroxylation sites is 2. The fourth-order valence-corrected chi connectivity index (χ4v) is 3.91. The third kappa shape index (κ3) is 5.27. The first kappa shape index (κ1) is 24.2. The van der Waals surface area contributed by atoms with Gasteiger partial charge in [-0.1, -0.05) is 60.1 Å². The lowest BCUT2D eigenvalue weighted by atomic mass is 10.0. The summed E-state index contributed by atoms with van der Waals surface area (Å²) in [5.74, 6) is -1.25. The maximum Gasteiger partial charge on any atom is 0.418 e. The number of pyridine rings is 1. The maximum absolute atomic E-state index is 13.3. The van der Waals surface area contributed by atoms with Crippen LogP contribution in [0, 0.1) is 0 Å². The van der Waals surface area contributed by atoms with Gasteiger partial charge in [-0.3, -0.25) is 9.59 Å². The van der Waals surface area contributed by atoms with Gasteiger partial charge in [-0.2, -0.15) is 13.2 Å². The summed E-state index contributed by atoms with van der Waals surface area (Å²) in [6.45, 7) is -0.455. The second kappa shape index (κ2) is 9.76. The Hall–Kier alpha value is -3.91. The minimum Gasteiger partial charge on any atom is -0.332 e. The van der Waals surface area contributed by atoms with Gasteiger partial charge in [0, 0.05) is 23.0 Å². The molecule has 0 saturated carbocycles. The number of nitrogens with zero attached hydrogens (tertiary/aromatic N) is 2. The zero-order chi connectivity index (χ0) is 25.2. The Morgan fingerprint density at radius 1 is 0.971 bits per heavy atom. The molecule has 2 amide bonds. The van der Waals surface area contributed by atoms with Crippen molar-refractivity contribution in [3.8, 4) is 11.3 Å². The van der Waals surface area contributed by atoms with Crippen LogP contribution in [-0.2, 0) is 11.0 Å². The summed E-state index contributed by atoms with van der Waals surface area (Å²) in [4.78, 5) is 31.6. The number of nitrogens with one attached hydrogen (secondary N) is 1. The van der Waals surface area contributed by atoms with Gasteiger partial charge in [-0.25, -0.2) is 4.98 Å². The highest BCUT2D eigenvalue weighted by Gasteiger charge is 2.33. The molecule has 0 atom stereocenters. The van der Waals surface area contributed by atoms with Gasteiger partial charge >= 0.3 is 6.18 Å². The zero-order valence-corrected chi connectivity index (χ0v) is 19.2. The molecule has 0 fully saturated rings. The molecule has 0 aliphatic rings. The summed E-state index contributed by atoms with van der Waals surface area (Å²) in [6, 6.07) is 20.4. The maximum atomic E-state index is 13.3. The van der Waals surface area contributed by atoms with Crippen LogP contribution in [0.1, 0.15) is 15.9 Å². The molecular formula is C26H19ClF3N3O2. The highest BCUT2D eigenvalue weighted by atomic mass is 35.5. The normalized spacial score (nSPS) is 11.3. The van der Waals surface area contributed by atoms with E-state index in [0.717, 1.165) is 17.0 Å². The second-order valence-electron chi connectivity index (χ2n) is 7.80. The van der Waals surface area contributed by atoms with Crippen LogP contribution >= 0.6 is 11.6 Å². The first-order valence-corrected chi connectivity index (χ1v) is 10.9. The molecule has 0 bridgehead atoms. The summed E-state index contributed by atoms with van der Waals surface area (Å²) in [5, 5.41) is 3.29. The van der Waals surface area contributed by atoms with Gasteiger partial charge in [0.2, 0.25) is 5.91 Å². The van der Waals surface area contributed by atoms with Crippen molar-refractivity contribution in [2.75, 3.05) is 18.9 Å². The molecule has 3 aromatic carbocycles. The lowest BCUT2D eigenvalue weighted by Gasteiger charge is -2.19. The first-order chi connectivity index (χ1) is 16.6. The quantitative estimate of drug-likeness (QED) is 0.353. The van der Waals surface area contributed by atoms with Crippen LogP contribution in [0.3, 0.4) is 0 Å². The lowest BCUT2D eigenvalue weighted by molar-refractivity contribution is -0.137. The van der Waals surface area contributed by atoms with E-state index in [9.17, 15) is 22.8 Å². The average molecular weight is 498 g/mol. The Balaban J connectivity index is 1.62. The van der Waals surface area contributed by atoms with Crippen LogP contribution in [0.4, 0.5) is 18.9 Å². The van der Waals surface area contributed by atoms with Crippen molar-refractivity contribution < 1.29 is 22.8 Å². The third-order valence-electron chi connectivity index (χ3n) is 5.33. The van der Waals surface area contributed by atoms with E-state index < -0.39 is 30.1 Å². The standard InChI is InChI=1S/C26H19ClF3N3O2/c1-33(15-24(34)32-22-13-7-4-10-19(22)26(28,29)30)25(35)18-14-23(17-9-2-5-11-20(17)27)31-21-12-6-3-8-16(18)21/h2-14H,15H2,1H3,(H,32,34). The molecule has 1 heterocycles. The number of fused-ring (bicyclic) bond motifs is 1. The number of benzene rings is 3. The minimum atomic E-state index is -4.63. The SMILES string of the molecule is CN(CC(=O)Nc1ccccc1C(F)(F)F)C(=O)c1cc(-c2ccccc2Cl)nc2ccccc12. The van der Waals surface area contributed by atoms with Crippen molar-refractivity contribution in [3.05, 3.63) is 95.0 Å². The molecule has 0 radical (unpaired) electrons. The second-order valence-corrected chi connectivity index (χ2v) is 8.21. The predicted molar refractivity (Wildman–Crippen MR) is 129 cm³/mol. The zero-order valence-electron chi connectivity index (χ0n) is 18.4. The van der Waals surface area contributed by atoms with E-state index in [-0.39, 0.29) is 11.3 Å². The van der Waals surface area contributed by atoms with E-state index in [0.29, 0.717) is 27.2 Å². The number of anilines is 1. The highest BCUT2D eigenvalue weighted by Crippen LogP contribution is 2.34. The first-order valence-electron chi connectivity index (χ1n) is 10.5. The van der Waals surface area contributed by atoms with Crippen LogP contribution < -0.4 is 5.32 Å². The number of hydrogen-bond donors (Lipinski definition) is 1. The molecule has 4 rings (SSSR count). The third-order valence-corrected chi connectivity index (χ3v) is 5.66. The van der Waals surface area contributed by atoms with Gasteiger partial charge in [-0.05, 0) is 30.3 Å². The van der Waals surface area contributed by atoms with E-state index in [1.54, 1.807) is 54.6 Å². The van der Waals surface area contributed by atoms with Gasteiger partial charge < -0.3 is 10.2 Å². The summed E-state index contributed by atoms with van der Waals surface area (Å²) in [7, 11) is 1.40. The van der Waals surface area contributed by atoms with Gasteiger partial charge in [0.1, 0.15) is 0 Å².